The van der Waals surface area contributed by atoms with Crippen LogP contribution in [0.3, 0.4) is 0 Å². The molecule has 1 atom stereocenters. The number of hydrogen-bond donors (Lipinski definition) is 0. The second-order valence-corrected chi connectivity index (χ2v) is 22.3. The zero-order chi connectivity index (χ0) is 57.1. The Morgan fingerprint density at radius 1 is 0.266 bits per heavy atom. The maximum absolute atomic E-state index is 12.9. The van der Waals surface area contributed by atoms with Crippen LogP contribution >= 0.6 is 0 Å². The average molecular weight is 1100 g/mol. The summed E-state index contributed by atoms with van der Waals surface area (Å²) in [4.78, 5) is 38.4. The molecule has 0 saturated carbocycles. The lowest BCUT2D eigenvalue weighted by Gasteiger charge is -2.18. The van der Waals surface area contributed by atoms with E-state index in [4.69, 9.17) is 14.2 Å². The Bertz CT molecular complexity index is 1540. The van der Waals surface area contributed by atoms with Crippen molar-refractivity contribution in [2.45, 2.75) is 335 Å². The van der Waals surface area contributed by atoms with Crippen molar-refractivity contribution in [1.82, 2.24) is 0 Å². The molecule has 0 aromatic carbocycles. The van der Waals surface area contributed by atoms with E-state index in [1.54, 1.807) is 0 Å². The van der Waals surface area contributed by atoms with Crippen LogP contribution in [0, 0.1) is 0 Å². The standard InChI is InChI=1S/C73H126O6/c1-4-7-10-13-16-19-22-25-28-30-32-33-34-35-36-37-38-39-41-42-45-48-51-54-57-60-63-66-72(75)78-69-70(68-77-71(74)65-62-59-56-53-50-47-44-27-24-21-18-15-12-9-6-3)79-73(76)67-64-61-58-55-52-49-46-43-40-31-29-26-23-20-17-14-11-8-5-2/h7,10,16,19,25-29,32-33,35-36,38-39,44,70H,4-6,8-9,11-15,17-18,20-24,30-31,34,37,40-43,45-69H2,1-3H3/b10-7-,19-16-,28-25-,29-26-,33-32-,36-35-,39-38-,44-27-. The van der Waals surface area contributed by atoms with Gasteiger partial charge in [0.05, 0.1) is 0 Å². The summed E-state index contributed by atoms with van der Waals surface area (Å²) in [5.74, 6) is -0.889. The molecule has 79 heavy (non-hydrogen) atoms. The summed E-state index contributed by atoms with van der Waals surface area (Å²) in [7, 11) is 0. The lowest BCUT2D eigenvalue weighted by atomic mass is 10.1. The zero-order valence-electron chi connectivity index (χ0n) is 52.1. The summed E-state index contributed by atoms with van der Waals surface area (Å²) in [6, 6.07) is 0. The Labute approximate surface area is 489 Å². The number of unbranched alkanes of at least 4 members (excludes halogenated alkanes) is 34. The molecular weight excluding hydrogens is 973 g/mol. The highest BCUT2D eigenvalue weighted by atomic mass is 16.6. The molecule has 0 saturated heterocycles. The fourth-order valence-electron chi connectivity index (χ4n) is 9.50. The molecule has 1 unspecified atom stereocenters. The van der Waals surface area contributed by atoms with Gasteiger partial charge in [-0.15, -0.1) is 0 Å². The SMILES string of the molecule is CC/C=C\C/C=C\C/C=C\C/C=C\C/C=C\C/C=C\CCCCCCCCCCC(=O)OCC(COC(=O)CCCCCCC/C=C\CCCCCCCC)OC(=O)CCCCCCCCCCC/C=C\CCCCCCCC. The number of carbonyl (C=O) groups excluding carboxylic acids is 3. The van der Waals surface area contributed by atoms with E-state index in [-0.39, 0.29) is 31.1 Å². The van der Waals surface area contributed by atoms with E-state index in [1.807, 2.05) is 0 Å². The van der Waals surface area contributed by atoms with Gasteiger partial charge in [0.1, 0.15) is 13.2 Å². The van der Waals surface area contributed by atoms with Gasteiger partial charge >= 0.3 is 17.9 Å². The number of ether oxygens (including phenoxy) is 3. The highest BCUT2D eigenvalue weighted by Gasteiger charge is 2.19. The summed E-state index contributed by atoms with van der Waals surface area (Å²) in [5, 5.41) is 0. The predicted molar refractivity (Wildman–Crippen MR) is 344 cm³/mol. The smallest absolute Gasteiger partial charge is 0.306 e. The third kappa shape index (κ3) is 65.0. The molecular formula is C73H126O6. The van der Waals surface area contributed by atoms with Crippen LogP contribution in [0.4, 0.5) is 0 Å². The fraction of sp³-hybridized carbons (Fsp3) is 0.740. The van der Waals surface area contributed by atoms with Crippen molar-refractivity contribution in [1.29, 1.82) is 0 Å². The summed E-state index contributed by atoms with van der Waals surface area (Å²) in [6.07, 6.45) is 89.8. The molecule has 0 amide bonds. The first-order valence-electron chi connectivity index (χ1n) is 33.7. The summed E-state index contributed by atoms with van der Waals surface area (Å²) < 4.78 is 17.0. The molecule has 0 spiro atoms. The van der Waals surface area contributed by atoms with Gasteiger partial charge in [-0.25, -0.2) is 0 Å². The van der Waals surface area contributed by atoms with E-state index < -0.39 is 6.10 Å². The quantitative estimate of drug-likeness (QED) is 0.0261. The van der Waals surface area contributed by atoms with E-state index >= 15 is 0 Å². The van der Waals surface area contributed by atoms with Gasteiger partial charge in [0, 0.05) is 19.3 Å². The third-order valence-corrected chi connectivity index (χ3v) is 14.5. The molecule has 0 aromatic rings. The molecule has 0 aliphatic rings. The molecule has 454 valence electrons. The van der Waals surface area contributed by atoms with Crippen molar-refractivity contribution >= 4 is 17.9 Å². The van der Waals surface area contributed by atoms with Crippen LogP contribution in [-0.4, -0.2) is 37.2 Å². The molecule has 0 heterocycles. The van der Waals surface area contributed by atoms with E-state index in [2.05, 4.69) is 118 Å². The topological polar surface area (TPSA) is 78.9 Å². The van der Waals surface area contributed by atoms with Crippen molar-refractivity contribution in [3.8, 4) is 0 Å². The Hall–Kier alpha value is -3.67. The van der Waals surface area contributed by atoms with Crippen LogP contribution in [0.25, 0.3) is 0 Å². The van der Waals surface area contributed by atoms with E-state index in [0.29, 0.717) is 19.3 Å². The molecule has 0 aliphatic heterocycles. The minimum absolute atomic E-state index is 0.0835. The van der Waals surface area contributed by atoms with Crippen molar-refractivity contribution in [3.05, 3.63) is 97.2 Å². The fourth-order valence-corrected chi connectivity index (χ4v) is 9.50. The predicted octanol–water partition coefficient (Wildman–Crippen LogP) is 23.2. The van der Waals surface area contributed by atoms with Gasteiger partial charge in [-0.2, -0.15) is 0 Å². The highest BCUT2D eigenvalue weighted by molar-refractivity contribution is 5.71. The lowest BCUT2D eigenvalue weighted by Crippen LogP contribution is -2.30. The molecule has 0 radical (unpaired) electrons. The molecule has 0 fully saturated rings. The molecule has 0 N–H and O–H groups in total. The maximum Gasteiger partial charge on any atom is 0.306 e. The summed E-state index contributed by atoms with van der Waals surface area (Å²) >= 11 is 0. The van der Waals surface area contributed by atoms with Crippen LogP contribution in [0.15, 0.2) is 97.2 Å². The van der Waals surface area contributed by atoms with Gasteiger partial charge in [0.2, 0.25) is 0 Å². The first kappa shape index (κ1) is 75.3. The van der Waals surface area contributed by atoms with Gasteiger partial charge in [-0.3, -0.25) is 14.4 Å². The Morgan fingerprint density at radius 3 is 0.785 bits per heavy atom. The third-order valence-electron chi connectivity index (χ3n) is 14.5. The average Bonchev–Trinajstić information content (AvgIpc) is 3.45. The first-order chi connectivity index (χ1) is 39.0. The van der Waals surface area contributed by atoms with Crippen molar-refractivity contribution < 1.29 is 28.6 Å². The van der Waals surface area contributed by atoms with Crippen LogP contribution in [0.5, 0.6) is 0 Å². The number of carbonyl (C=O) groups is 3. The molecule has 0 rings (SSSR count). The monoisotopic (exact) mass is 1100 g/mol. The lowest BCUT2D eigenvalue weighted by molar-refractivity contribution is -0.167. The van der Waals surface area contributed by atoms with Gasteiger partial charge in [-0.05, 0) is 122 Å². The summed E-state index contributed by atoms with van der Waals surface area (Å²) in [5.41, 5.74) is 0. The summed E-state index contributed by atoms with van der Waals surface area (Å²) in [6.45, 7) is 6.54. The van der Waals surface area contributed by atoms with Gasteiger partial charge in [0.15, 0.2) is 6.10 Å². The van der Waals surface area contributed by atoms with Crippen LogP contribution in [0.2, 0.25) is 0 Å². The molecule has 6 nitrogen and oxygen atoms in total. The minimum Gasteiger partial charge on any atom is -0.462 e. The highest BCUT2D eigenvalue weighted by Crippen LogP contribution is 2.16. The Balaban J connectivity index is 4.36. The van der Waals surface area contributed by atoms with E-state index in [0.717, 1.165) is 109 Å². The number of rotatable bonds is 61. The minimum atomic E-state index is -0.787. The molecule has 0 aliphatic carbocycles. The normalized spacial score (nSPS) is 12.7. The van der Waals surface area contributed by atoms with Gasteiger partial charge in [0.25, 0.3) is 0 Å². The van der Waals surface area contributed by atoms with Gasteiger partial charge < -0.3 is 14.2 Å². The second kappa shape index (κ2) is 66.8. The van der Waals surface area contributed by atoms with E-state index in [1.165, 1.54) is 180 Å². The number of allylic oxidation sites excluding steroid dienone is 16. The van der Waals surface area contributed by atoms with Crippen LogP contribution < -0.4 is 0 Å². The van der Waals surface area contributed by atoms with E-state index in [9.17, 15) is 14.4 Å². The molecule has 6 heteroatoms. The van der Waals surface area contributed by atoms with Crippen molar-refractivity contribution in [2.75, 3.05) is 13.2 Å². The van der Waals surface area contributed by atoms with Gasteiger partial charge in [-0.1, -0.05) is 285 Å². The van der Waals surface area contributed by atoms with Crippen molar-refractivity contribution in [2.24, 2.45) is 0 Å². The maximum atomic E-state index is 12.9. The molecule has 0 aromatic heterocycles. The zero-order valence-corrected chi connectivity index (χ0v) is 52.1. The van der Waals surface area contributed by atoms with Crippen LogP contribution in [-0.2, 0) is 28.6 Å². The Morgan fingerprint density at radius 2 is 0.494 bits per heavy atom. The number of esters is 3. The van der Waals surface area contributed by atoms with Crippen molar-refractivity contribution in [3.63, 3.8) is 0 Å². The first-order valence-corrected chi connectivity index (χ1v) is 33.7. The largest absolute Gasteiger partial charge is 0.462 e. The molecule has 0 bridgehead atoms. The Kier molecular flexibility index (Phi) is 63.7. The van der Waals surface area contributed by atoms with Crippen LogP contribution in [0.1, 0.15) is 329 Å². The number of hydrogen-bond acceptors (Lipinski definition) is 6. The second-order valence-electron chi connectivity index (χ2n) is 22.3.